The van der Waals surface area contributed by atoms with Crippen molar-refractivity contribution in [2.24, 2.45) is 5.84 Å². The molecule has 3 N–H and O–H groups in total. The Morgan fingerprint density at radius 2 is 2.25 bits per heavy atom. The van der Waals surface area contributed by atoms with E-state index in [0.717, 1.165) is 31.0 Å². The maximum absolute atomic E-state index is 5.44. The van der Waals surface area contributed by atoms with E-state index in [4.69, 9.17) is 5.84 Å². The molecule has 4 heteroatoms. The lowest BCUT2D eigenvalue weighted by Gasteiger charge is -2.21. The second-order valence-corrected chi connectivity index (χ2v) is 3.88. The summed E-state index contributed by atoms with van der Waals surface area (Å²) in [5.74, 6) is 6.21. The standard InChI is InChI=1S/C12H22N4/c1-3-5-9-16(4-2)10-11-7-6-8-14-12(11)15-13/h6-8H,3-5,9-10,13H2,1-2H3,(H,14,15). The summed E-state index contributed by atoms with van der Waals surface area (Å²) in [5, 5.41) is 0. The molecule has 0 radical (unpaired) electrons. The van der Waals surface area contributed by atoms with Gasteiger partial charge in [0.25, 0.3) is 0 Å². The van der Waals surface area contributed by atoms with E-state index >= 15 is 0 Å². The third kappa shape index (κ3) is 3.79. The van der Waals surface area contributed by atoms with Crippen molar-refractivity contribution >= 4 is 5.82 Å². The molecule has 0 spiro atoms. The van der Waals surface area contributed by atoms with Crippen molar-refractivity contribution in [1.29, 1.82) is 0 Å². The summed E-state index contributed by atoms with van der Waals surface area (Å²) in [6, 6.07) is 4.01. The van der Waals surface area contributed by atoms with E-state index in [2.05, 4.69) is 35.2 Å². The van der Waals surface area contributed by atoms with Gasteiger partial charge in [0, 0.05) is 18.3 Å². The van der Waals surface area contributed by atoms with Gasteiger partial charge in [0.2, 0.25) is 0 Å². The molecule has 0 saturated carbocycles. The fraction of sp³-hybridized carbons (Fsp3) is 0.583. The number of pyridine rings is 1. The summed E-state index contributed by atoms with van der Waals surface area (Å²) in [7, 11) is 0. The van der Waals surface area contributed by atoms with Gasteiger partial charge in [-0.25, -0.2) is 10.8 Å². The van der Waals surface area contributed by atoms with Crippen LogP contribution in [0.5, 0.6) is 0 Å². The van der Waals surface area contributed by atoms with Crippen molar-refractivity contribution in [2.45, 2.75) is 33.2 Å². The highest BCUT2D eigenvalue weighted by atomic mass is 15.3. The molecule has 0 aliphatic carbocycles. The number of hydrogen-bond acceptors (Lipinski definition) is 4. The molecule has 0 aliphatic heterocycles. The predicted octanol–water partition coefficient (Wildman–Crippen LogP) is 1.99. The number of unbranched alkanes of at least 4 members (excludes halogenated alkanes) is 1. The van der Waals surface area contributed by atoms with Crippen molar-refractivity contribution in [1.82, 2.24) is 9.88 Å². The Balaban J connectivity index is 2.62. The van der Waals surface area contributed by atoms with E-state index in [9.17, 15) is 0 Å². The molecule has 0 unspecified atom stereocenters. The Morgan fingerprint density at radius 1 is 1.44 bits per heavy atom. The zero-order valence-corrected chi connectivity index (χ0v) is 10.2. The number of nitrogens with two attached hydrogens (primary N) is 1. The summed E-state index contributed by atoms with van der Waals surface area (Å²) in [4.78, 5) is 6.61. The van der Waals surface area contributed by atoms with Gasteiger partial charge in [0.1, 0.15) is 5.82 Å². The van der Waals surface area contributed by atoms with Crippen LogP contribution in [0.4, 0.5) is 5.82 Å². The van der Waals surface area contributed by atoms with Gasteiger partial charge in [-0.2, -0.15) is 0 Å². The number of aromatic nitrogens is 1. The second kappa shape index (κ2) is 7.19. The highest BCUT2D eigenvalue weighted by Gasteiger charge is 2.07. The smallest absolute Gasteiger partial charge is 0.144 e. The molecule has 90 valence electrons. The Morgan fingerprint density at radius 3 is 2.88 bits per heavy atom. The zero-order valence-electron chi connectivity index (χ0n) is 10.2. The fourth-order valence-corrected chi connectivity index (χ4v) is 1.67. The first-order valence-corrected chi connectivity index (χ1v) is 5.94. The molecule has 0 amide bonds. The molecule has 0 saturated heterocycles. The minimum atomic E-state index is 0.775. The topological polar surface area (TPSA) is 54.2 Å². The first-order chi connectivity index (χ1) is 7.81. The minimum absolute atomic E-state index is 0.775. The molecule has 1 rings (SSSR count). The molecule has 4 nitrogen and oxygen atoms in total. The lowest BCUT2D eigenvalue weighted by molar-refractivity contribution is 0.275. The predicted molar refractivity (Wildman–Crippen MR) is 67.9 cm³/mol. The molecular formula is C12H22N4. The number of rotatable bonds is 7. The maximum atomic E-state index is 5.44. The van der Waals surface area contributed by atoms with Gasteiger partial charge in [-0.15, -0.1) is 0 Å². The summed E-state index contributed by atoms with van der Waals surface area (Å²) in [6.45, 7) is 7.49. The zero-order chi connectivity index (χ0) is 11.8. The van der Waals surface area contributed by atoms with Crippen molar-refractivity contribution in [2.75, 3.05) is 18.5 Å². The number of anilines is 1. The van der Waals surface area contributed by atoms with Gasteiger partial charge in [-0.1, -0.05) is 26.3 Å². The Hall–Kier alpha value is -1.13. The third-order valence-corrected chi connectivity index (χ3v) is 2.70. The minimum Gasteiger partial charge on any atom is -0.308 e. The Bertz CT molecular complexity index is 301. The SMILES string of the molecule is CCCCN(CC)Cc1cccnc1NN. The van der Waals surface area contributed by atoms with Gasteiger partial charge >= 0.3 is 0 Å². The molecule has 0 bridgehead atoms. The van der Waals surface area contributed by atoms with Crippen LogP contribution in [-0.4, -0.2) is 23.0 Å². The number of hydrogen-bond donors (Lipinski definition) is 2. The average molecular weight is 222 g/mol. The molecule has 1 heterocycles. The fourth-order valence-electron chi connectivity index (χ4n) is 1.67. The van der Waals surface area contributed by atoms with Crippen LogP contribution >= 0.6 is 0 Å². The summed E-state index contributed by atoms with van der Waals surface area (Å²) in [5.41, 5.74) is 3.80. The van der Waals surface area contributed by atoms with Crippen molar-refractivity contribution in [3.8, 4) is 0 Å². The first-order valence-electron chi connectivity index (χ1n) is 5.94. The summed E-state index contributed by atoms with van der Waals surface area (Å²) in [6.07, 6.45) is 4.21. The Labute approximate surface area is 97.8 Å². The van der Waals surface area contributed by atoms with Crippen molar-refractivity contribution < 1.29 is 0 Å². The van der Waals surface area contributed by atoms with Crippen molar-refractivity contribution in [3.05, 3.63) is 23.9 Å². The molecule has 0 fully saturated rings. The van der Waals surface area contributed by atoms with E-state index in [1.807, 2.05) is 6.07 Å². The molecule has 1 aromatic rings. The van der Waals surface area contributed by atoms with Gasteiger partial charge in [0.15, 0.2) is 0 Å². The van der Waals surface area contributed by atoms with E-state index in [0.29, 0.717) is 0 Å². The van der Waals surface area contributed by atoms with Gasteiger partial charge in [-0.05, 0) is 25.6 Å². The van der Waals surface area contributed by atoms with Crippen LogP contribution in [-0.2, 0) is 6.54 Å². The number of hydrazine groups is 1. The van der Waals surface area contributed by atoms with Gasteiger partial charge < -0.3 is 5.43 Å². The largest absolute Gasteiger partial charge is 0.308 e. The Kier molecular flexibility index (Phi) is 5.82. The normalized spacial score (nSPS) is 10.8. The van der Waals surface area contributed by atoms with Crippen LogP contribution in [0, 0.1) is 0 Å². The molecule has 16 heavy (non-hydrogen) atoms. The molecule has 0 atom stereocenters. The molecular weight excluding hydrogens is 200 g/mol. The average Bonchev–Trinajstić information content (AvgIpc) is 2.34. The van der Waals surface area contributed by atoms with Crippen LogP contribution in [0.1, 0.15) is 32.3 Å². The van der Waals surface area contributed by atoms with Crippen LogP contribution < -0.4 is 11.3 Å². The van der Waals surface area contributed by atoms with E-state index in [-0.39, 0.29) is 0 Å². The second-order valence-electron chi connectivity index (χ2n) is 3.88. The number of nitrogens with one attached hydrogen (secondary N) is 1. The monoisotopic (exact) mass is 222 g/mol. The first kappa shape index (κ1) is 12.9. The molecule has 0 aromatic carbocycles. The summed E-state index contributed by atoms with van der Waals surface area (Å²) >= 11 is 0. The van der Waals surface area contributed by atoms with Gasteiger partial charge in [0.05, 0.1) is 0 Å². The van der Waals surface area contributed by atoms with Gasteiger partial charge in [-0.3, -0.25) is 4.90 Å². The van der Waals surface area contributed by atoms with E-state index < -0.39 is 0 Å². The lowest BCUT2D eigenvalue weighted by atomic mass is 10.2. The van der Waals surface area contributed by atoms with Crippen LogP contribution in [0.15, 0.2) is 18.3 Å². The third-order valence-electron chi connectivity index (χ3n) is 2.70. The maximum Gasteiger partial charge on any atom is 0.144 e. The number of nitrogen functional groups attached to an aromatic ring is 1. The quantitative estimate of drug-likeness (QED) is 0.547. The van der Waals surface area contributed by atoms with Crippen LogP contribution in [0.25, 0.3) is 0 Å². The molecule has 1 aromatic heterocycles. The van der Waals surface area contributed by atoms with Crippen LogP contribution in [0.3, 0.4) is 0 Å². The van der Waals surface area contributed by atoms with Crippen LogP contribution in [0.2, 0.25) is 0 Å². The van der Waals surface area contributed by atoms with Crippen molar-refractivity contribution in [3.63, 3.8) is 0 Å². The number of nitrogens with zero attached hydrogens (tertiary/aromatic N) is 2. The summed E-state index contributed by atoms with van der Waals surface area (Å²) < 4.78 is 0. The lowest BCUT2D eigenvalue weighted by Crippen LogP contribution is -2.25. The highest BCUT2D eigenvalue weighted by Crippen LogP contribution is 2.13. The van der Waals surface area contributed by atoms with E-state index in [1.165, 1.54) is 12.8 Å². The van der Waals surface area contributed by atoms with E-state index in [1.54, 1.807) is 6.20 Å². The highest BCUT2D eigenvalue weighted by molar-refractivity contribution is 5.42. The molecule has 0 aliphatic rings.